The molecule has 2 aromatic rings. The van der Waals surface area contributed by atoms with E-state index in [1.54, 1.807) is 26.2 Å². The first-order valence-corrected chi connectivity index (χ1v) is 6.94. The number of hydrogen-bond donors (Lipinski definition) is 1. The first-order chi connectivity index (χ1) is 10.5. The molecule has 1 aliphatic rings. The standard InChI is InChI=1S/C18H15FO3/c1-10-13(9-11-4-3-5-12(8-11)22-2)18(21)17-15(20)7-6-14(19)16(10)17/h3-10,20H,1-2H3/b13-9-/t10-/m1/s1. The molecule has 0 heterocycles. The van der Waals surface area contributed by atoms with Crippen LogP contribution in [0.15, 0.2) is 42.0 Å². The molecule has 1 aliphatic carbocycles. The number of carbonyl (C=O) groups excluding carboxylic acids is 1. The molecule has 0 fully saturated rings. The zero-order valence-electron chi connectivity index (χ0n) is 12.3. The summed E-state index contributed by atoms with van der Waals surface area (Å²) in [4.78, 5) is 12.5. The Morgan fingerprint density at radius 2 is 2.05 bits per heavy atom. The third-order valence-corrected chi connectivity index (χ3v) is 3.98. The minimum atomic E-state index is -0.470. The van der Waals surface area contributed by atoms with Crippen molar-refractivity contribution in [1.82, 2.24) is 0 Å². The van der Waals surface area contributed by atoms with E-state index >= 15 is 0 Å². The summed E-state index contributed by atoms with van der Waals surface area (Å²) in [6.07, 6.45) is 1.72. The number of ether oxygens (including phenoxy) is 1. The Hall–Kier alpha value is -2.62. The molecule has 0 aromatic heterocycles. The van der Waals surface area contributed by atoms with Gasteiger partial charge in [-0.1, -0.05) is 19.1 Å². The van der Waals surface area contributed by atoms with Gasteiger partial charge in [-0.15, -0.1) is 0 Å². The zero-order valence-corrected chi connectivity index (χ0v) is 12.3. The number of hydrogen-bond acceptors (Lipinski definition) is 3. The molecule has 4 heteroatoms. The molecular formula is C18H15FO3. The van der Waals surface area contributed by atoms with Crippen molar-refractivity contribution in [2.45, 2.75) is 12.8 Å². The lowest BCUT2D eigenvalue weighted by atomic mass is 9.97. The number of benzene rings is 2. The summed E-state index contributed by atoms with van der Waals surface area (Å²) in [7, 11) is 1.57. The number of aromatic hydroxyl groups is 1. The maximum absolute atomic E-state index is 14.0. The van der Waals surface area contributed by atoms with Gasteiger partial charge in [0.2, 0.25) is 0 Å². The van der Waals surface area contributed by atoms with Gasteiger partial charge in [-0.3, -0.25) is 4.79 Å². The van der Waals surface area contributed by atoms with Gasteiger partial charge in [0.1, 0.15) is 17.3 Å². The first kappa shape index (κ1) is 14.3. The smallest absolute Gasteiger partial charge is 0.193 e. The minimum Gasteiger partial charge on any atom is -0.507 e. The summed E-state index contributed by atoms with van der Waals surface area (Å²) in [5, 5.41) is 9.88. The van der Waals surface area contributed by atoms with Crippen molar-refractivity contribution in [3.63, 3.8) is 0 Å². The van der Waals surface area contributed by atoms with Gasteiger partial charge in [0, 0.05) is 17.1 Å². The van der Waals surface area contributed by atoms with Crippen LogP contribution in [0.1, 0.15) is 34.3 Å². The fraction of sp³-hybridized carbons (Fsp3) is 0.167. The highest BCUT2D eigenvalue weighted by Gasteiger charge is 2.36. The number of Topliss-reactive ketones (excluding diaryl/α,β-unsaturated/α-hetero) is 1. The molecule has 2 aromatic carbocycles. The third kappa shape index (κ3) is 2.17. The van der Waals surface area contributed by atoms with Crippen molar-refractivity contribution >= 4 is 11.9 Å². The number of rotatable bonds is 2. The van der Waals surface area contributed by atoms with Gasteiger partial charge in [-0.25, -0.2) is 4.39 Å². The van der Waals surface area contributed by atoms with Crippen LogP contribution in [0.4, 0.5) is 4.39 Å². The van der Waals surface area contributed by atoms with Crippen molar-refractivity contribution in [2.24, 2.45) is 0 Å². The van der Waals surface area contributed by atoms with Gasteiger partial charge in [-0.2, -0.15) is 0 Å². The molecule has 1 N–H and O–H groups in total. The molecule has 0 saturated heterocycles. The number of phenolic OH excluding ortho intramolecular Hbond substituents is 1. The lowest BCUT2D eigenvalue weighted by molar-refractivity contribution is 0.103. The molecule has 0 spiro atoms. The Kier molecular flexibility index (Phi) is 3.45. The van der Waals surface area contributed by atoms with Crippen LogP contribution in [0, 0.1) is 5.82 Å². The fourth-order valence-electron chi connectivity index (χ4n) is 2.84. The van der Waals surface area contributed by atoms with Crippen molar-refractivity contribution in [3.8, 4) is 11.5 Å². The summed E-state index contributed by atoms with van der Waals surface area (Å²) in [6.45, 7) is 1.76. The number of allylic oxidation sites excluding steroid dienone is 1. The lowest BCUT2D eigenvalue weighted by Crippen LogP contribution is -1.97. The highest BCUT2D eigenvalue weighted by molar-refractivity contribution is 6.18. The van der Waals surface area contributed by atoms with Crippen LogP contribution < -0.4 is 4.74 Å². The van der Waals surface area contributed by atoms with E-state index in [9.17, 15) is 14.3 Å². The predicted octanol–water partition coefficient (Wildman–Crippen LogP) is 3.92. The van der Waals surface area contributed by atoms with Crippen LogP contribution in [0.25, 0.3) is 6.08 Å². The second kappa shape index (κ2) is 5.30. The molecule has 3 rings (SSSR count). The average molecular weight is 298 g/mol. The summed E-state index contributed by atoms with van der Waals surface area (Å²) in [6, 6.07) is 9.67. The predicted molar refractivity (Wildman–Crippen MR) is 81.8 cm³/mol. The van der Waals surface area contributed by atoms with Gasteiger partial charge in [0.25, 0.3) is 0 Å². The quantitative estimate of drug-likeness (QED) is 0.855. The zero-order chi connectivity index (χ0) is 15.9. The molecule has 1 atom stereocenters. The highest BCUT2D eigenvalue weighted by atomic mass is 19.1. The van der Waals surface area contributed by atoms with Crippen LogP contribution in [-0.2, 0) is 0 Å². The van der Waals surface area contributed by atoms with E-state index in [4.69, 9.17) is 4.74 Å². The van der Waals surface area contributed by atoms with Gasteiger partial charge >= 0.3 is 0 Å². The molecular weight excluding hydrogens is 283 g/mol. The second-order valence-corrected chi connectivity index (χ2v) is 5.28. The Morgan fingerprint density at radius 1 is 1.27 bits per heavy atom. The van der Waals surface area contributed by atoms with E-state index in [1.165, 1.54) is 12.1 Å². The van der Waals surface area contributed by atoms with Crippen molar-refractivity contribution in [1.29, 1.82) is 0 Å². The van der Waals surface area contributed by atoms with Crippen LogP contribution in [0.3, 0.4) is 0 Å². The van der Waals surface area contributed by atoms with Crippen LogP contribution in [0.5, 0.6) is 11.5 Å². The Morgan fingerprint density at radius 3 is 2.73 bits per heavy atom. The topological polar surface area (TPSA) is 46.5 Å². The van der Waals surface area contributed by atoms with E-state index in [0.717, 1.165) is 5.56 Å². The number of phenols is 1. The Balaban J connectivity index is 2.10. The number of methoxy groups -OCH3 is 1. The molecule has 0 saturated carbocycles. The summed E-state index contributed by atoms with van der Waals surface area (Å²) < 4.78 is 19.2. The van der Waals surface area contributed by atoms with Crippen LogP contribution in [0.2, 0.25) is 0 Å². The monoisotopic (exact) mass is 298 g/mol. The lowest BCUT2D eigenvalue weighted by Gasteiger charge is -2.07. The molecule has 0 radical (unpaired) electrons. The van der Waals surface area contributed by atoms with Crippen molar-refractivity contribution in [2.75, 3.05) is 7.11 Å². The molecule has 0 unspecified atom stereocenters. The summed E-state index contributed by atoms with van der Waals surface area (Å²) >= 11 is 0. The maximum atomic E-state index is 14.0. The largest absolute Gasteiger partial charge is 0.507 e. The summed E-state index contributed by atoms with van der Waals surface area (Å²) in [5.74, 6) is -0.702. The van der Waals surface area contributed by atoms with Crippen molar-refractivity contribution < 1.29 is 19.0 Å². The number of ketones is 1. The average Bonchev–Trinajstić information content (AvgIpc) is 2.77. The Bertz CT molecular complexity index is 793. The third-order valence-electron chi connectivity index (χ3n) is 3.98. The second-order valence-electron chi connectivity index (χ2n) is 5.28. The van der Waals surface area contributed by atoms with Crippen LogP contribution >= 0.6 is 0 Å². The van der Waals surface area contributed by atoms with Gasteiger partial charge in [0.05, 0.1) is 12.7 Å². The summed E-state index contributed by atoms with van der Waals surface area (Å²) in [5.41, 5.74) is 1.59. The highest BCUT2D eigenvalue weighted by Crippen LogP contribution is 2.43. The van der Waals surface area contributed by atoms with E-state index in [-0.39, 0.29) is 22.7 Å². The molecule has 0 aliphatic heterocycles. The molecule has 0 bridgehead atoms. The number of carbonyl (C=O) groups is 1. The number of fused-ring (bicyclic) bond motifs is 1. The van der Waals surface area contributed by atoms with E-state index in [0.29, 0.717) is 11.3 Å². The molecule has 22 heavy (non-hydrogen) atoms. The molecule has 112 valence electrons. The van der Waals surface area contributed by atoms with Gasteiger partial charge in [0.15, 0.2) is 5.78 Å². The fourth-order valence-corrected chi connectivity index (χ4v) is 2.84. The van der Waals surface area contributed by atoms with E-state index in [1.807, 2.05) is 18.2 Å². The maximum Gasteiger partial charge on any atom is 0.193 e. The Labute approximate surface area is 127 Å². The minimum absolute atomic E-state index is 0.0710. The SMILES string of the molecule is COc1cccc(/C=C2\C(=O)c3c(O)ccc(F)c3[C@@H]2C)c1. The molecule has 0 amide bonds. The number of halogens is 1. The van der Waals surface area contributed by atoms with Crippen LogP contribution in [-0.4, -0.2) is 18.0 Å². The van der Waals surface area contributed by atoms with Crippen molar-refractivity contribution in [3.05, 3.63) is 64.5 Å². The normalized spacial score (nSPS) is 18.6. The molecule has 3 nitrogen and oxygen atoms in total. The van der Waals surface area contributed by atoms with E-state index < -0.39 is 11.7 Å². The van der Waals surface area contributed by atoms with E-state index in [2.05, 4.69) is 0 Å². The first-order valence-electron chi connectivity index (χ1n) is 6.94. The van der Waals surface area contributed by atoms with Gasteiger partial charge < -0.3 is 9.84 Å². The van der Waals surface area contributed by atoms with Gasteiger partial charge in [-0.05, 0) is 35.9 Å².